The van der Waals surface area contributed by atoms with E-state index >= 15 is 0 Å². The number of H-pyrrole nitrogens is 1. The van der Waals surface area contributed by atoms with E-state index in [1.54, 1.807) is 21.9 Å². The summed E-state index contributed by atoms with van der Waals surface area (Å²) in [4.78, 5) is 35.8. The molecular weight excluding hydrogens is 376 g/mol. The summed E-state index contributed by atoms with van der Waals surface area (Å²) >= 11 is 0. The lowest BCUT2D eigenvalue weighted by Crippen LogP contribution is -2.29. The molecule has 3 rings (SSSR count). The monoisotopic (exact) mass is 402 g/mol. The first-order valence-corrected chi connectivity index (χ1v) is 9.25. The van der Waals surface area contributed by atoms with Gasteiger partial charge in [0.25, 0.3) is 11.5 Å². The highest BCUT2D eigenvalue weighted by atomic mass is 16.5. The molecule has 0 spiro atoms. The molecule has 0 saturated carbocycles. The van der Waals surface area contributed by atoms with E-state index in [0.717, 1.165) is 6.42 Å². The van der Waals surface area contributed by atoms with Crippen LogP contribution in [0.2, 0.25) is 0 Å². The van der Waals surface area contributed by atoms with Crippen LogP contribution in [0.25, 0.3) is 0 Å². The van der Waals surface area contributed by atoms with Crippen LogP contribution in [0.3, 0.4) is 0 Å². The van der Waals surface area contributed by atoms with Gasteiger partial charge in [-0.3, -0.25) is 14.6 Å². The number of aromatic amines is 1. The van der Waals surface area contributed by atoms with Crippen LogP contribution in [0.4, 0.5) is 5.95 Å². The topological polar surface area (TPSA) is 97.0 Å². The van der Waals surface area contributed by atoms with Gasteiger partial charge in [0.2, 0.25) is 11.7 Å². The van der Waals surface area contributed by atoms with Crippen LogP contribution in [-0.2, 0) is 0 Å². The highest BCUT2D eigenvalue weighted by Gasteiger charge is 2.30. The molecule has 1 fully saturated rings. The van der Waals surface area contributed by atoms with Crippen molar-refractivity contribution in [1.82, 2.24) is 14.9 Å². The van der Waals surface area contributed by atoms with Crippen molar-refractivity contribution in [3.63, 3.8) is 0 Å². The average Bonchev–Trinajstić information content (AvgIpc) is 3.21. The molecule has 1 aromatic heterocycles. The number of likely N-dealkylation sites (tertiary alicyclic amines) is 1. The van der Waals surface area contributed by atoms with E-state index in [-0.39, 0.29) is 17.4 Å². The van der Waals surface area contributed by atoms with Gasteiger partial charge in [0.1, 0.15) is 0 Å². The Hall–Kier alpha value is -3.23. The van der Waals surface area contributed by atoms with Crippen LogP contribution in [0.5, 0.6) is 17.2 Å². The number of methoxy groups -OCH3 is 3. The Balaban J connectivity index is 1.84. The van der Waals surface area contributed by atoms with E-state index in [2.05, 4.69) is 9.97 Å². The summed E-state index contributed by atoms with van der Waals surface area (Å²) in [6.45, 7) is 1.06. The molecule has 2 aromatic rings. The summed E-state index contributed by atoms with van der Waals surface area (Å²) in [5, 5.41) is 0. The fourth-order valence-corrected chi connectivity index (χ4v) is 3.46. The van der Waals surface area contributed by atoms with Gasteiger partial charge in [0, 0.05) is 44.7 Å². The first kappa shape index (κ1) is 20.5. The minimum absolute atomic E-state index is 0.00184. The number of hydrogen-bond acceptors (Lipinski definition) is 7. The predicted octanol–water partition coefficient (Wildman–Crippen LogP) is 1.49. The largest absolute Gasteiger partial charge is 0.493 e. The predicted molar refractivity (Wildman–Crippen MR) is 109 cm³/mol. The first-order chi connectivity index (χ1) is 13.9. The second-order valence-electron chi connectivity index (χ2n) is 7.04. The zero-order chi connectivity index (χ0) is 21.1. The van der Waals surface area contributed by atoms with Gasteiger partial charge < -0.3 is 24.0 Å². The molecule has 0 aliphatic carbocycles. The standard InChI is InChI=1S/C20H26N4O5/c1-23(2)20-21-14(10-17(25)22-20)12-6-7-24(11-12)19(26)13-8-15(27-3)18(29-5)16(9-13)28-4/h8-10,12H,6-7,11H2,1-5H3,(H,21,22,25)/t12-/m0/s1. The molecule has 1 N–H and O–H groups in total. The summed E-state index contributed by atoms with van der Waals surface area (Å²) in [6.07, 6.45) is 0.736. The molecule has 156 valence electrons. The average molecular weight is 402 g/mol. The quantitative estimate of drug-likeness (QED) is 0.782. The van der Waals surface area contributed by atoms with E-state index < -0.39 is 0 Å². The molecule has 1 atom stereocenters. The van der Waals surface area contributed by atoms with E-state index in [4.69, 9.17) is 14.2 Å². The van der Waals surface area contributed by atoms with E-state index in [0.29, 0.717) is 47.5 Å². The van der Waals surface area contributed by atoms with E-state index in [1.807, 2.05) is 14.1 Å². The minimum atomic E-state index is -0.201. The van der Waals surface area contributed by atoms with E-state index in [9.17, 15) is 9.59 Å². The molecule has 1 amide bonds. The van der Waals surface area contributed by atoms with Gasteiger partial charge in [-0.05, 0) is 18.6 Å². The number of anilines is 1. The van der Waals surface area contributed by atoms with Crippen molar-refractivity contribution in [3.05, 3.63) is 39.8 Å². The molecule has 1 aliphatic rings. The fourth-order valence-electron chi connectivity index (χ4n) is 3.46. The first-order valence-electron chi connectivity index (χ1n) is 9.25. The zero-order valence-corrected chi connectivity index (χ0v) is 17.3. The van der Waals surface area contributed by atoms with Crippen molar-refractivity contribution in [2.45, 2.75) is 12.3 Å². The second kappa shape index (κ2) is 8.42. The zero-order valence-electron chi connectivity index (χ0n) is 17.3. The molecule has 1 saturated heterocycles. The van der Waals surface area contributed by atoms with Gasteiger partial charge in [0.15, 0.2) is 11.5 Å². The SMILES string of the molecule is COc1cc(C(=O)N2CC[C@H](c3cc(=O)[nH]c(N(C)C)n3)C2)cc(OC)c1OC. The van der Waals surface area contributed by atoms with Crippen molar-refractivity contribution in [1.29, 1.82) is 0 Å². The minimum Gasteiger partial charge on any atom is -0.493 e. The number of nitrogens with one attached hydrogen (secondary N) is 1. The Kier molecular flexibility index (Phi) is 5.95. The van der Waals surface area contributed by atoms with Gasteiger partial charge in [-0.1, -0.05) is 0 Å². The van der Waals surface area contributed by atoms with Crippen LogP contribution in [-0.4, -0.2) is 69.3 Å². The van der Waals surface area contributed by atoms with Gasteiger partial charge in [-0.15, -0.1) is 0 Å². The van der Waals surface area contributed by atoms with Gasteiger partial charge >= 0.3 is 0 Å². The Morgan fingerprint density at radius 1 is 1.14 bits per heavy atom. The van der Waals surface area contributed by atoms with Crippen LogP contribution in [0.15, 0.2) is 23.0 Å². The highest BCUT2D eigenvalue weighted by molar-refractivity contribution is 5.96. The van der Waals surface area contributed by atoms with Crippen LogP contribution in [0, 0.1) is 0 Å². The molecule has 0 radical (unpaired) electrons. The van der Waals surface area contributed by atoms with Crippen molar-refractivity contribution >= 4 is 11.9 Å². The van der Waals surface area contributed by atoms with Crippen molar-refractivity contribution in [2.75, 3.05) is 53.4 Å². The third kappa shape index (κ3) is 4.13. The molecule has 9 heteroatoms. The number of amides is 1. The van der Waals surface area contributed by atoms with Crippen LogP contribution < -0.4 is 24.7 Å². The third-order valence-electron chi connectivity index (χ3n) is 4.98. The second-order valence-corrected chi connectivity index (χ2v) is 7.04. The Labute approximate surface area is 169 Å². The lowest BCUT2D eigenvalue weighted by atomic mass is 10.0. The third-order valence-corrected chi connectivity index (χ3v) is 4.98. The van der Waals surface area contributed by atoms with Gasteiger partial charge in [-0.2, -0.15) is 0 Å². The fraction of sp³-hybridized carbons (Fsp3) is 0.450. The number of hydrogen-bond donors (Lipinski definition) is 1. The molecule has 0 unspecified atom stereocenters. The lowest BCUT2D eigenvalue weighted by Gasteiger charge is -2.19. The highest BCUT2D eigenvalue weighted by Crippen LogP contribution is 2.39. The van der Waals surface area contributed by atoms with Crippen molar-refractivity contribution in [3.8, 4) is 17.2 Å². The maximum Gasteiger partial charge on any atom is 0.254 e. The molecule has 29 heavy (non-hydrogen) atoms. The molecule has 1 aromatic carbocycles. The molecule has 2 heterocycles. The van der Waals surface area contributed by atoms with Gasteiger partial charge in [0.05, 0.1) is 27.0 Å². The summed E-state index contributed by atoms with van der Waals surface area (Å²) in [6, 6.07) is 4.80. The number of benzene rings is 1. The molecule has 9 nitrogen and oxygen atoms in total. The number of nitrogens with zero attached hydrogens (tertiary/aromatic N) is 3. The maximum atomic E-state index is 13.1. The molecule has 0 bridgehead atoms. The Morgan fingerprint density at radius 3 is 2.34 bits per heavy atom. The van der Waals surface area contributed by atoms with Crippen LogP contribution >= 0.6 is 0 Å². The number of rotatable bonds is 6. The van der Waals surface area contributed by atoms with E-state index in [1.165, 1.54) is 27.4 Å². The van der Waals surface area contributed by atoms with Crippen LogP contribution in [0.1, 0.15) is 28.4 Å². The number of carbonyl (C=O) groups is 1. The lowest BCUT2D eigenvalue weighted by molar-refractivity contribution is 0.0790. The summed E-state index contributed by atoms with van der Waals surface area (Å²) < 4.78 is 16.0. The number of carbonyl (C=O) groups excluding carboxylic acids is 1. The maximum absolute atomic E-state index is 13.1. The normalized spacial score (nSPS) is 15.9. The number of ether oxygens (including phenoxy) is 3. The summed E-state index contributed by atoms with van der Waals surface area (Å²) in [5.41, 5.74) is 0.943. The summed E-state index contributed by atoms with van der Waals surface area (Å²) in [7, 11) is 8.17. The molecule has 1 aliphatic heterocycles. The summed E-state index contributed by atoms with van der Waals surface area (Å²) in [5.74, 6) is 1.67. The Bertz CT molecular complexity index is 931. The molecular formula is C20H26N4O5. The smallest absolute Gasteiger partial charge is 0.254 e. The number of aromatic nitrogens is 2. The van der Waals surface area contributed by atoms with Gasteiger partial charge in [-0.25, -0.2) is 4.98 Å². The van der Waals surface area contributed by atoms with Crippen molar-refractivity contribution < 1.29 is 19.0 Å². The Morgan fingerprint density at radius 2 is 1.79 bits per heavy atom. The van der Waals surface area contributed by atoms with Crippen molar-refractivity contribution in [2.24, 2.45) is 0 Å².